The van der Waals surface area contributed by atoms with E-state index in [0.29, 0.717) is 5.56 Å². The lowest BCUT2D eigenvalue weighted by molar-refractivity contribution is -0.384. The highest BCUT2D eigenvalue weighted by atomic mass is 32.1. The summed E-state index contributed by atoms with van der Waals surface area (Å²) in [6.45, 7) is 6.50. The molecule has 1 aromatic carbocycles. The summed E-state index contributed by atoms with van der Waals surface area (Å²) < 4.78 is 10.0. The fourth-order valence-electron chi connectivity index (χ4n) is 2.39. The molecule has 10 heteroatoms. The molecular weight excluding hydrogens is 388 g/mol. The number of nitro groups is 1. The van der Waals surface area contributed by atoms with Crippen molar-refractivity contribution in [1.29, 1.82) is 0 Å². The second-order valence-corrected chi connectivity index (χ2v) is 6.92. The Morgan fingerprint density at radius 1 is 1.25 bits per heavy atom. The second-order valence-electron chi connectivity index (χ2n) is 5.69. The Bertz CT molecular complexity index is 965. The zero-order chi connectivity index (χ0) is 21.0. The third kappa shape index (κ3) is 4.52. The molecule has 28 heavy (non-hydrogen) atoms. The lowest BCUT2D eigenvalue weighted by Crippen LogP contribution is -2.17. The number of carbonyl (C=O) groups excluding carboxylic acids is 3. The molecule has 0 saturated carbocycles. The van der Waals surface area contributed by atoms with Gasteiger partial charge in [-0.3, -0.25) is 19.7 Å². The van der Waals surface area contributed by atoms with Crippen LogP contribution in [0.3, 0.4) is 0 Å². The van der Waals surface area contributed by atoms with Crippen LogP contribution in [-0.4, -0.2) is 29.4 Å². The predicted octanol–water partition coefficient (Wildman–Crippen LogP) is 3.63. The number of nitrogens with one attached hydrogen (secondary N) is 1. The van der Waals surface area contributed by atoms with Crippen LogP contribution in [0.1, 0.15) is 45.0 Å². The first-order valence-electron chi connectivity index (χ1n) is 8.21. The van der Waals surface area contributed by atoms with E-state index in [4.69, 9.17) is 9.47 Å². The van der Waals surface area contributed by atoms with E-state index in [1.807, 2.05) is 0 Å². The monoisotopic (exact) mass is 406 g/mol. The maximum absolute atomic E-state index is 12.8. The lowest BCUT2D eigenvalue weighted by atomic mass is 10.1. The number of ether oxygens (including phenoxy) is 2. The van der Waals surface area contributed by atoms with Crippen molar-refractivity contribution in [2.75, 3.05) is 11.9 Å². The molecule has 0 fully saturated rings. The lowest BCUT2D eigenvalue weighted by Gasteiger charge is -2.10. The second kappa shape index (κ2) is 8.61. The summed E-state index contributed by atoms with van der Waals surface area (Å²) in [6.07, 6.45) is 0. The van der Waals surface area contributed by atoms with Gasteiger partial charge in [-0.25, -0.2) is 4.79 Å². The van der Waals surface area contributed by atoms with Crippen molar-refractivity contribution in [2.24, 2.45) is 0 Å². The van der Waals surface area contributed by atoms with E-state index in [2.05, 4.69) is 5.32 Å². The van der Waals surface area contributed by atoms with Crippen LogP contribution in [0.5, 0.6) is 5.75 Å². The average molecular weight is 406 g/mol. The molecule has 0 atom stereocenters. The summed E-state index contributed by atoms with van der Waals surface area (Å²) in [5.74, 6) is -2.15. The van der Waals surface area contributed by atoms with Crippen molar-refractivity contribution in [3.63, 3.8) is 0 Å². The van der Waals surface area contributed by atoms with Crippen molar-refractivity contribution in [1.82, 2.24) is 0 Å². The largest absolute Gasteiger partial charge is 0.462 e. The molecule has 0 aliphatic heterocycles. The first kappa shape index (κ1) is 21.0. The number of aryl methyl sites for hydroxylation is 1. The minimum atomic E-state index is -0.758. The maximum Gasteiger partial charge on any atom is 0.341 e. The molecule has 1 N–H and O–H groups in total. The van der Waals surface area contributed by atoms with Gasteiger partial charge in [0.1, 0.15) is 10.8 Å². The molecule has 0 spiro atoms. The molecule has 9 nitrogen and oxygen atoms in total. The Hall–Kier alpha value is -3.27. The first-order chi connectivity index (χ1) is 13.1. The fourth-order valence-corrected chi connectivity index (χ4v) is 3.43. The van der Waals surface area contributed by atoms with Crippen molar-refractivity contribution >= 4 is 39.9 Å². The van der Waals surface area contributed by atoms with Gasteiger partial charge in [-0.2, -0.15) is 0 Å². The van der Waals surface area contributed by atoms with E-state index in [-0.39, 0.29) is 34.2 Å². The van der Waals surface area contributed by atoms with E-state index in [1.165, 1.54) is 17.4 Å². The molecule has 1 heterocycles. The highest BCUT2D eigenvalue weighted by Crippen LogP contribution is 2.34. The van der Waals surface area contributed by atoms with Gasteiger partial charge in [0.15, 0.2) is 0 Å². The zero-order valence-corrected chi connectivity index (χ0v) is 16.5. The highest BCUT2D eigenvalue weighted by molar-refractivity contribution is 7.16. The van der Waals surface area contributed by atoms with Crippen LogP contribution in [-0.2, 0) is 9.53 Å². The quantitative estimate of drug-likeness (QED) is 0.336. The number of benzene rings is 1. The van der Waals surface area contributed by atoms with Crippen LogP contribution in [0.15, 0.2) is 18.2 Å². The molecule has 0 unspecified atom stereocenters. The Morgan fingerprint density at radius 3 is 2.50 bits per heavy atom. The normalized spacial score (nSPS) is 10.3. The number of non-ortho nitro benzene ring substituents is 1. The molecular formula is C18H18N2O7S. The summed E-state index contributed by atoms with van der Waals surface area (Å²) in [5.41, 5.74) is 0.336. The maximum atomic E-state index is 12.8. The van der Waals surface area contributed by atoms with Gasteiger partial charge in [0.2, 0.25) is 0 Å². The standard InChI is InChI=1S/C18H18N2O7S/c1-5-26-18(23)15-9(2)10(3)28-17(15)19-16(22)13-8-12(20(24)25)6-7-14(13)27-11(4)21/h6-8H,5H2,1-4H3,(H,19,22). The van der Waals surface area contributed by atoms with Crippen LogP contribution >= 0.6 is 11.3 Å². The molecule has 148 valence electrons. The molecule has 0 saturated heterocycles. The zero-order valence-electron chi connectivity index (χ0n) is 15.7. The van der Waals surface area contributed by atoms with Gasteiger partial charge < -0.3 is 14.8 Å². The van der Waals surface area contributed by atoms with Crippen molar-refractivity contribution < 1.29 is 28.8 Å². The summed E-state index contributed by atoms with van der Waals surface area (Å²) in [4.78, 5) is 47.5. The number of rotatable bonds is 6. The third-order valence-corrected chi connectivity index (χ3v) is 4.89. The Labute approximate surface area is 164 Å². The van der Waals surface area contributed by atoms with Gasteiger partial charge in [-0.15, -0.1) is 11.3 Å². The van der Waals surface area contributed by atoms with Crippen molar-refractivity contribution in [3.8, 4) is 5.75 Å². The number of anilines is 1. The minimum Gasteiger partial charge on any atom is -0.462 e. The molecule has 0 aliphatic rings. The number of thiophene rings is 1. The van der Waals surface area contributed by atoms with E-state index in [9.17, 15) is 24.5 Å². The Morgan fingerprint density at radius 2 is 1.93 bits per heavy atom. The van der Waals surface area contributed by atoms with Crippen LogP contribution in [0.4, 0.5) is 10.7 Å². The molecule has 0 aliphatic carbocycles. The van der Waals surface area contributed by atoms with Gasteiger partial charge in [-0.05, 0) is 32.4 Å². The summed E-state index contributed by atoms with van der Waals surface area (Å²) in [5, 5.41) is 13.9. The van der Waals surface area contributed by atoms with Crippen molar-refractivity contribution in [3.05, 3.63) is 49.9 Å². The number of esters is 2. The minimum absolute atomic E-state index is 0.127. The molecule has 1 aromatic heterocycles. The molecule has 0 radical (unpaired) electrons. The topological polar surface area (TPSA) is 125 Å². The molecule has 0 bridgehead atoms. The average Bonchev–Trinajstić information content (AvgIpc) is 2.88. The summed E-state index contributed by atoms with van der Waals surface area (Å²) in [6, 6.07) is 3.30. The van der Waals surface area contributed by atoms with Gasteiger partial charge in [0.05, 0.1) is 22.7 Å². The Kier molecular flexibility index (Phi) is 6.47. The van der Waals surface area contributed by atoms with Crippen LogP contribution in [0, 0.1) is 24.0 Å². The number of amides is 1. The number of carbonyl (C=O) groups is 3. The molecule has 2 aromatic rings. The van der Waals surface area contributed by atoms with Crippen LogP contribution < -0.4 is 10.1 Å². The number of hydrogen-bond donors (Lipinski definition) is 1. The molecule has 1 amide bonds. The van der Waals surface area contributed by atoms with E-state index in [0.717, 1.165) is 23.9 Å². The third-order valence-electron chi connectivity index (χ3n) is 3.76. The number of nitro benzene ring substituents is 1. The molecule has 2 rings (SSSR count). The summed E-state index contributed by atoms with van der Waals surface area (Å²) >= 11 is 1.17. The van der Waals surface area contributed by atoms with Gasteiger partial charge in [0.25, 0.3) is 11.6 Å². The first-order valence-corrected chi connectivity index (χ1v) is 9.02. The van der Waals surface area contributed by atoms with E-state index >= 15 is 0 Å². The number of nitrogens with zero attached hydrogens (tertiary/aromatic N) is 1. The smallest absolute Gasteiger partial charge is 0.341 e. The van der Waals surface area contributed by atoms with E-state index in [1.54, 1.807) is 20.8 Å². The van der Waals surface area contributed by atoms with E-state index < -0.39 is 22.8 Å². The summed E-state index contributed by atoms with van der Waals surface area (Å²) in [7, 11) is 0. The van der Waals surface area contributed by atoms with Crippen LogP contribution in [0.2, 0.25) is 0 Å². The fraction of sp³-hybridized carbons (Fsp3) is 0.278. The van der Waals surface area contributed by atoms with Gasteiger partial charge in [0, 0.05) is 23.9 Å². The Balaban J connectivity index is 2.46. The predicted molar refractivity (Wildman–Crippen MR) is 102 cm³/mol. The van der Waals surface area contributed by atoms with Gasteiger partial charge >= 0.3 is 11.9 Å². The van der Waals surface area contributed by atoms with Crippen LogP contribution in [0.25, 0.3) is 0 Å². The SMILES string of the molecule is CCOC(=O)c1c(NC(=O)c2cc([N+](=O)[O-])ccc2OC(C)=O)sc(C)c1C. The van der Waals surface area contributed by atoms with Gasteiger partial charge in [-0.1, -0.05) is 0 Å². The highest BCUT2D eigenvalue weighted by Gasteiger charge is 2.25. The number of hydrogen-bond acceptors (Lipinski definition) is 8. The van der Waals surface area contributed by atoms with Crippen molar-refractivity contribution in [2.45, 2.75) is 27.7 Å².